The van der Waals surface area contributed by atoms with Gasteiger partial charge in [-0.05, 0) is 55.2 Å². The first-order valence-corrected chi connectivity index (χ1v) is 6.89. The first-order chi connectivity index (χ1) is 9.93. The number of fused-ring (bicyclic) bond motifs is 3. The zero-order chi connectivity index (χ0) is 13.1. The first kappa shape index (κ1) is 10.2. The Labute approximate surface area is 116 Å². The van der Waals surface area contributed by atoms with Crippen molar-refractivity contribution in [1.82, 2.24) is 0 Å². The largest absolute Gasteiger partial charge is 0.0616 e. The fourth-order valence-electron chi connectivity index (χ4n) is 3.47. The van der Waals surface area contributed by atoms with E-state index in [1.807, 2.05) is 0 Å². The van der Waals surface area contributed by atoms with Gasteiger partial charge in [0.25, 0.3) is 0 Å². The van der Waals surface area contributed by atoms with Crippen molar-refractivity contribution in [2.24, 2.45) is 0 Å². The standard InChI is InChI=1S/C20H11/c1-2-8-16-15(7-1)17-9-3-5-13-11-12-14-6-4-10-18(16)20(14)19(13)17/h1-11H. The molecule has 0 atom stereocenters. The van der Waals surface area contributed by atoms with Crippen LogP contribution < -0.4 is 0 Å². The van der Waals surface area contributed by atoms with Crippen molar-refractivity contribution < 1.29 is 0 Å². The number of hydrogen-bond acceptors (Lipinski definition) is 0. The van der Waals surface area contributed by atoms with E-state index >= 15 is 0 Å². The highest BCUT2D eigenvalue weighted by molar-refractivity contribution is 6.33. The molecular weight excluding hydrogens is 240 g/mol. The van der Waals surface area contributed by atoms with Crippen molar-refractivity contribution >= 4 is 43.1 Å². The Morgan fingerprint density at radius 1 is 0.550 bits per heavy atom. The lowest BCUT2D eigenvalue weighted by Crippen LogP contribution is -1.86. The third-order valence-corrected chi connectivity index (χ3v) is 4.30. The van der Waals surface area contributed by atoms with Gasteiger partial charge in [-0.25, -0.2) is 0 Å². The van der Waals surface area contributed by atoms with E-state index in [1.54, 1.807) is 0 Å². The summed E-state index contributed by atoms with van der Waals surface area (Å²) in [7, 11) is 0. The van der Waals surface area contributed by atoms with Crippen molar-refractivity contribution in [3.63, 3.8) is 0 Å². The molecule has 0 aliphatic rings. The average Bonchev–Trinajstić information content (AvgIpc) is 2.53. The summed E-state index contributed by atoms with van der Waals surface area (Å²) in [5, 5.41) is 10.5. The summed E-state index contributed by atoms with van der Waals surface area (Å²) in [5.41, 5.74) is 0. The average molecular weight is 251 g/mol. The predicted molar refractivity (Wildman–Crippen MR) is 86.5 cm³/mol. The van der Waals surface area contributed by atoms with Gasteiger partial charge in [0.2, 0.25) is 0 Å². The molecule has 0 nitrogen and oxygen atoms in total. The molecule has 0 aromatic heterocycles. The molecule has 0 saturated carbocycles. The Morgan fingerprint density at radius 3 is 2.00 bits per heavy atom. The van der Waals surface area contributed by atoms with Gasteiger partial charge in [-0.1, -0.05) is 60.7 Å². The summed E-state index contributed by atoms with van der Waals surface area (Å²) in [6, 6.07) is 27.3. The smallest absolute Gasteiger partial charge is 0.00141 e. The van der Waals surface area contributed by atoms with E-state index in [0.29, 0.717) is 0 Å². The normalized spacial score (nSPS) is 12.0. The SMILES string of the molecule is [c]1cc2cccc3c4ccccc4c4cccc1c4c23. The molecule has 1 radical (unpaired) electrons. The van der Waals surface area contributed by atoms with Gasteiger partial charge in [0.05, 0.1) is 0 Å². The summed E-state index contributed by atoms with van der Waals surface area (Å²) >= 11 is 0. The fourth-order valence-corrected chi connectivity index (χ4v) is 3.47. The molecule has 0 unspecified atom stereocenters. The number of benzene rings is 5. The molecule has 0 heterocycles. The lowest BCUT2D eigenvalue weighted by Gasteiger charge is -2.13. The molecule has 0 aliphatic heterocycles. The van der Waals surface area contributed by atoms with Gasteiger partial charge >= 0.3 is 0 Å². The van der Waals surface area contributed by atoms with E-state index < -0.39 is 0 Å². The first-order valence-electron chi connectivity index (χ1n) is 6.89. The highest BCUT2D eigenvalue weighted by Crippen LogP contribution is 2.39. The van der Waals surface area contributed by atoms with Crippen LogP contribution in [-0.2, 0) is 0 Å². The van der Waals surface area contributed by atoms with Gasteiger partial charge in [-0.3, -0.25) is 0 Å². The summed E-state index contributed by atoms with van der Waals surface area (Å²) in [5.74, 6) is 0. The monoisotopic (exact) mass is 251 g/mol. The number of hydrogen-bond donors (Lipinski definition) is 0. The highest BCUT2D eigenvalue weighted by Gasteiger charge is 2.11. The molecule has 0 saturated heterocycles. The molecule has 20 heavy (non-hydrogen) atoms. The molecule has 5 aromatic carbocycles. The molecule has 0 amide bonds. The molecular formula is C20H11. The van der Waals surface area contributed by atoms with E-state index in [0.717, 1.165) is 0 Å². The van der Waals surface area contributed by atoms with Crippen molar-refractivity contribution in [3.05, 3.63) is 72.8 Å². The van der Waals surface area contributed by atoms with Crippen LogP contribution in [0.15, 0.2) is 66.7 Å². The number of rotatable bonds is 0. The quantitative estimate of drug-likeness (QED) is 0.250. The second-order valence-corrected chi connectivity index (χ2v) is 5.33. The molecule has 5 aromatic rings. The molecule has 0 fully saturated rings. The summed E-state index contributed by atoms with van der Waals surface area (Å²) < 4.78 is 0. The zero-order valence-electron chi connectivity index (χ0n) is 10.9. The van der Waals surface area contributed by atoms with E-state index in [-0.39, 0.29) is 0 Å². The van der Waals surface area contributed by atoms with Gasteiger partial charge in [0.15, 0.2) is 0 Å². The molecule has 0 spiro atoms. The molecule has 5 rings (SSSR count). The minimum absolute atomic E-state index is 1.21. The van der Waals surface area contributed by atoms with Gasteiger partial charge in [0.1, 0.15) is 0 Å². The van der Waals surface area contributed by atoms with Crippen LogP contribution in [0.5, 0.6) is 0 Å². The van der Waals surface area contributed by atoms with E-state index in [9.17, 15) is 0 Å². The maximum absolute atomic E-state index is 3.43. The second kappa shape index (κ2) is 3.49. The lowest BCUT2D eigenvalue weighted by atomic mass is 9.89. The van der Waals surface area contributed by atoms with Crippen LogP contribution in [-0.4, -0.2) is 0 Å². The summed E-state index contributed by atoms with van der Waals surface area (Å²) in [6.45, 7) is 0. The molecule has 0 N–H and O–H groups in total. The summed E-state index contributed by atoms with van der Waals surface area (Å²) in [6.07, 6.45) is 0. The third kappa shape index (κ3) is 1.12. The van der Waals surface area contributed by atoms with Crippen molar-refractivity contribution in [2.75, 3.05) is 0 Å². The Balaban J connectivity index is 2.33. The van der Waals surface area contributed by atoms with Gasteiger partial charge in [0, 0.05) is 0 Å². The Morgan fingerprint density at radius 2 is 1.20 bits per heavy atom. The van der Waals surface area contributed by atoms with Crippen LogP contribution in [0.3, 0.4) is 0 Å². The van der Waals surface area contributed by atoms with Crippen molar-refractivity contribution in [2.45, 2.75) is 0 Å². The summed E-state index contributed by atoms with van der Waals surface area (Å²) in [4.78, 5) is 0. The van der Waals surface area contributed by atoms with Crippen molar-refractivity contribution in [1.29, 1.82) is 0 Å². The van der Waals surface area contributed by atoms with E-state index in [4.69, 9.17) is 0 Å². The fraction of sp³-hybridized carbons (Fsp3) is 0. The topological polar surface area (TPSA) is 0 Å². The molecule has 0 heteroatoms. The van der Waals surface area contributed by atoms with Crippen LogP contribution in [0.2, 0.25) is 0 Å². The Bertz CT molecular complexity index is 998. The maximum atomic E-state index is 3.43. The minimum atomic E-state index is 1.21. The zero-order valence-corrected chi connectivity index (χ0v) is 10.9. The second-order valence-electron chi connectivity index (χ2n) is 5.33. The minimum Gasteiger partial charge on any atom is -0.0616 e. The van der Waals surface area contributed by atoms with Gasteiger partial charge in [-0.15, -0.1) is 0 Å². The van der Waals surface area contributed by atoms with Crippen LogP contribution in [0.1, 0.15) is 0 Å². The molecule has 91 valence electrons. The van der Waals surface area contributed by atoms with Gasteiger partial charge in [-0.2, -0.15) is 0 Å². The van der Waals surface area contributed by atoms with Gasteiger partial charge < -0.3 is 0 Å². The Kier molecular flexibility index (Phi) is 1.78. The maximum Gasteiger partial charge on any atom is -0.00141 e. The van der Waals surface area contributed by atoms with E-state index in [1.165, 1.54) is 43.1 Å². The highest BCUT2D eigenvalue weighted by atomic mass is 14.1. The lowest BCUT2D eigenvalue weighted by molar-refractivity contribution is 1.78. The van der Waals surface area contributed by atoms with Crippen LogP contribution in [0.25, 0.3) is 43.1 Å². The van der Waals surface area contributed by atoms with Crippen LogP contribution in [0.4, 0.5) is 0 Å². The Hall–Kier alpha value is -2.60. The third-order valence-electron chi connectivity index (χ3n) is 4.30. The molecule has 0 bridgehead atoms. The van der Waals surface area contributed by atoms with Crippen LogP contribution >= 0.6 is 0 Å². The molecule has 0 aliphatic carbocycles. The van der Waals surface area contributed by atoms with Crippen LogP contribution in [0, 0.1) is 6.07 Å². The predicted octanol–water partition coefficient (Wildman–Crippen LogP) is 5.54. The van der Waals surface area contributed by atoms with E-state index in [2.05, 4.69) is 72.8 Å². The van der Waals surface area contributed by atoms with Crippen molar-refractivity contribution in [3.8, 4) is 0 Å².